The quantitative estimate of drug-likeness (QED) is 0.835. The third-order valence-electron chi connectivity index (χ3n) is 2.12. The van der Waals surface area contributed by atoms with E-state index in [0.717, 1.165) is 24.2 Å². The zero-order valence-corrected chi connectivity index (χ0v) is 9.34. The maximum Gasteiger partial charge on any atom is 0.123 e. The lowest BCUT2D eigenvalue weighted by Crippen LogP contribution is -2.15. The topological polar surface area (TPSA) is 35.2 Å². The fourth-order valence-corrected chi connectivity index (χ4v) is 1.47. The number of ether oxygens (including phenoxy) is 1. The highest BCUT2D eigenvalue weighted by atomic mass is 35.5. The summed E-state index contributed by atoms with van der Waals surface area (Å²) >= 11 is 5.85. The third-order valence-corrected chi connectivity index (χ3v) is 2.35. The van der Waals surface area contributed by atoms with E-state index in [9.17, 15) is 0 Å². The third kappa shape index (κ3) is 3.20. The van der Waals surface area contributed by atoms with E-state index >= 15 is 0 Å². The molecule has 2 nitrogen and oxygen atoms in total. The average Bonchev–Trinajstić information content (AvgIpc) is 2.15. The van der Waals surface area contributed by atoms with Crippen LogP contribution in [-0.4, -0.2) is 13.2 Å². The van der Waals surface area contributed by atoms with Crippen LogP contribution in [0.15, 0.2) is 18.2 Å². The molecule has 0 heterocycles. The van der Waals surface area contributed by atoms with Crippen LogP contribution in [0.4, 0.5) is 0 Å². The van der Waals surface area contributed by atoms with Crippen molar-refractivity contribution < 1.29 is 4.74 Å². The molecule has 0 aliphatic rings. The Morgan fingerprint density at radius 2 is 2.21 bits per heavy atom. The Hall–Kier alpha value is -0.730. The normalized spacial score (nSPS) is 12.6. The monoisotopic (exact) mass is 213 g/mol. The van der Waals surface area contributed by atoms with E-state index in [1.54, 1.807) is 7.11 Å². The highest BCUT2D eigenvalue weighted by Crippen LogP contribution is 2.24. The van der Waals surface area contributed by atoms with Crippen molar-refractivity contribution in [1.29, 1.82) is 0 Å². The summed E-state index contributed by atoms with van der Waals surface area (Å²) in [6.45, 7) is 2.00. The first-order valence-corrected chi connectivity index (χ1v) is 5.09. The number of methoxy groups -OCH3 is 1. The van der Waals surface area contributed by atoms with Gasteiger partial charge in [-0.3, -0.25) is 0 Å². The predicted molar refractivity (Wildman–Crippen MR) is 60.0 cm³/mol. The standard InChI is InChI=1S/C11H16ClNO/c1-8(13)3-4-9-5-6-10(12)7-11(9)14-2/h5-8H,3-4,13H2,1-2H3/t8-/m1/s1. The van der Waals surface area contributed by atoms with Crippen molar-refractivity contribution in [2.75, 3.05) is 7.11 Å². The van der Waals surface area contributed by atoms with E-state index in [-0.39, 0.29) is 6.04 Å². The van der Waals surface area contributed by atoms with Crippen molar-refractivity contribution in [3.63, 3.8) is 0 Å². The minimum absolute atomic E-state index is 0.218. The van der Waals surface area contributed by atoms with Crippen molar-refractivity contribution in [1.82, 2.24) is 0 Å². The predicted octanol–water partition coefficient (Wildman–Crippen LogP) is 2.63. The molecule has 0 unspecified atom stereocenters. The summed E-state index contributed by atoms with van der Waals surface area (Å²) in [5.74, 6) is 0.846. The number of aryl methyl sites for hydroxylation is 1. The van der Waals surface area contributed by atoms with Crippen molar-refractivity contribution >= 4 is 11.6 Å². The number of nitrogens with two attached hydrogens (primary N) is 1. The smallest absolute Gasteiger partial charge is 0.123 e. The molecule has 1 atom stereocenters. The molecule has 0 saturated carbocycles. The molecule has 1 aromatic rings. The summed E-state index contributed by atoms with van der Waals surface area (Å²) in [4.78, 5) is 0. The van der Waals surface area contributed by atoms with Crippen LogP contribution in [0.3, 0.4) is 0 Å². The van der Waals surface area contributed by atoms with Gasteiger partial charge in [0.25, 0.3) is 0 Å². The fourth-order valence-electron chi connectivity index (χ4n) is 1.31. The van der Waals surface area contributed by atoms with Crippen molar-refractivity contribution in [2.24, 2.45) is 5.73 Å². The van der Waals surface area contributed by atoms with Crippen LogP contribution in [0, 0.1) is 0 Å². The molecule has 78 valence electrons. The largest absolute Gasteiger partial charge is 0.496 e. The number of benzene rings is 1. The van der Waals surface area contributed by atoms with Crippen LogP contribution in [0.2, 0.25) is 5.02 Å². The summed E-state index contributed by atoms with van der Waals surface area (Å²) < 4.78 is 5.23. The maximum absolute atomic E-state index is 5.85. The van der Waals surface area contributed by atoms with Gasteiger partial charge >= 0.3 is 0 Å². The molecule has 0 spiro atoms. The lowest BCUT2D eigenvalue weighted by molar-refractivity contribution is 0.408. The molecule has 1 rings (SSSR count). The minimum atomic E-state index is 0.218. The maximum atomic E-state index is 5.85. The van der Waals surface area contributed by atoms with Gasteiger partial charge < -0.3 is 10.5 Å². The summed E-state index contributed by atoms with van der Waals surface area (Å²) in [5, 5.41) is 0.700. The Balaban J connectivity index is 2.75. The second kappa shape index (κ2) is 5.23. The summed E-state index contributed by atoms with van der Waals surface area (Å²) in [7, 11) is 1.65. The van der Waals surface area contributed by atoms with Gasteiger partial charge in [0.1, 0.15) is 5.75 Å². The van der Waals surface area contributed by atoms with E-state index in [2.05, 4.69) is 0 Å². The van der Waals surface area contributed by atoms with Crippen LogP contribution in [0.5, 0.6) is 5.75 Å². The van der Waals surface area contributed by atoms with Gasteiger partial charge in [-0.15, -0.1) is 0 Å². The molecule has 0 aromatic heterocycles. The molecule has 0 aliphatic heterocycles. The number of rotatable bonds is 4. The first-order valence-electron chi connectivity index (χ1n) is 4.71. The molecular formula is C11H16ClNO. The van der Waals surface area contributed by atoms with E-state index < -0.39 is 0 Å². The average molecular weight is 214 g/mol. The van der Waals surface area contributed by atoms with Gasteiger partial charge in [-0.25, -0.2) is 0 Å². The molecule has 1 aromatic carbocycles. The second-order valence-electron chi connectivity index (χ2n) is 3.47. The van der Waals surface area contributed by atoms with E-state index in [1.165, 1.54) is 0 Å². The SMILES string of the molecule is COc1cc(Cl)ccc1CC[C@@H](C)N. The number of hydrogen-bond acceptors (Lipinski definition) is 2. The Labute approximate surface area is 90.0 Å². The fraction of sp³-hybridized carbons (Fsp3) is 0.455. The summed E-state index contributed by atoms with van der Waals surface area (Å²) in [5.41, 5.74) is 6.86. The first-order chi connectivity index (χ1) is 6.63. The van der Waals surface area contributed by atoms with Gasteiger partial charge in [0.2, 0.25) is 0 Å². The van der Waals surface area contributed by atoms with Crippen molar-refractivity contribution in [2.45, 2.75) is 25.8 Å². The summed E-state index contributed by atoms with van der Waals surface area (Å²) in [6.07, 6.45) is 1.88. The molecule has 2 N–H and O–H groups in total. The van der Waals surface area contributed by atoms with Crippen LogP contribution in [-0.2, 0) is 6.42 Å². The van der Waals surface area contributed by atoms with Crippen LogP contribution in [0.1, 0.15) is 18.9 Å². The lowest BCUT2D eigenvalue weighted by Gasteiger charge is -2.10. The van der Waals surface area contributed by atoms with Crippen LogP contribution in [0.25, 0.3) is 0 Å². The second-order valence-corrected chi connectivity index (χ2v) is 3.91. The lowest BCUT2D eigenvalue weighted by atomic mass is 10.1. The number of halogens is 1. The van der Waals surface area contributed by atoms with Gasteiger partial charge in [0.15, 0.2) is 0 Å². The zero-order chi connectivity index (χ0) is 10.6. The van der Waals surface area contributed by atoms with Gasteiger partial charge in [-0.2, -0.15) is 0 Å². The zero-order valence-electron chi connectivity index (χ0n) is 8.59. The molecular weight excluding hydrogens is 198 g/mol. The highest BCUT2D eigenvalue weighted by molar-refractivity contribution is 6.30. The molecule has 0 radical (unpaired) electrons. The van der Waals surface area contributed by atoms with E-state index in [1.807, 2.05) is 25.1 Å². The number of hydrogen-bond donors (Lipinski definition) is 1. The Morgan fingerprint density at radius 1 is 1.50 bits per heavy atom. The molecule has 0 saturated heterocycles. The van der Waals surface area contributed by atoms with Crippen molar-refractivity contribution in [3.8, 4) is 5.75 Å². The minimum Gasteiger partial charge on any atom is -0.496 e. The van der Waals surface area contributed by atoms with Gasteiger partial charge in [0.05, 0.1) is 7.11 Å². The molecule has 0 fully saturated rings. The molecule has 0 aliphatic carbocycles. The Kier molecular flexibility index (Phi) is 4.23. The Bertz CT molecular complexity index is 299. The first kappa shape index (κ1) is 11.3. The van der Waals surface area contributed by atoms with E-state index in [0.29, 0.717) is 5.02 Å². The molecule has 0 bridgehead atoms. The Morgan fingerprint density at radius 3 is 2.79 bits per heavy atom. The van der Waals surface area contributed by atoms with E-state index in [4.69, 9.17) is 22.1 Å². The summed E-state index contributed by atoms with van der Waals surface area (Å²) in [6, 6.07) is 5.91. The van der Waals surface area contributed by atoms with Gasteiger partial charge in [0, 0.05) is 11.1 Å². The molecule has 3 heteroatoms. The van der Waals surface area contributed by atoms with Gasteiger partial charge in [-0.05, 0) is 37.5 Å². The van der Waals surface area contributed by atoms with Gasteiger partial charge in [-0.1, -0.05) is 17.7 Å². The molecule has 14 heavy (non-hydrogen) atoms. The van der Waals surface area contributed by atoms with Crippen LogP contribution < -0.4 is 10.5 Å². The van der Waals surface area contributed by atoms with Crippen molar-refractivity contribution in [3.05, 3.63) is 28.8 Å². The highest BCUT2D eigenvalue weighted by Gasteiger charge is 2.04. The van der Waals surface area contributed by atoms with Crippen LogP contribution >= 0.6 is 11.6 Å². The molecule has 0 amide bonds.